The molecule has 1 rings (SSSR count). The number of hydrogen-bond donors (Lipinski definition) is 1. The fourth-order valence-electron chi connectivity index (χ4n) is 1.80. The molecule has 106 valence electrons. The van der Waals surface area contributed by atoms with Crippen molar-refractivity contribution in [3.63, 3.8) is 0 Å². The maximum Gasteiger partial charge on any atom is 0.249 e. The third kappa shape index (κ3) is 4.28. The lowest BCUT2D eigenvalue weighted by Crippen LogP contribution is -2.37. The number of halogens is 2. The highest BCUT2D eigenvalue weighted by molar-refractivity contribution is 5.80. The van der Waals surface area contributed by atoms with Crippen molar-refractivity contribution >= 4 is 5.91 Å². The minimum Gasteiger partial charge on any atom is -0.369 e. The fraction of sp³-hybridized carbons (Fsp3) is 0.500. The molecule has 3 nitrogen and oxygen atoms in total. The normalized spacial score (nSPS) is 13.9. The number of nitrogens with one attached hydrogen (secondary N) is 1. The summed E-state index contributed by atoms with van der Waals surface area (Å²) in [6, 6.07) is 2.66. The quantitative estimate of drug-likeness (QED) is 0.864. The zero-order valence-electron chi connectivity index (χ0n) is 11.4. The van der Waals surface area contributed by atoms with Gasteiger partial charge in [0.05, 0.1) is 6.04 Å². The van der Waals surface area contributed by atoms with Gasteiger partial charge in [-0.15, -0.1) is 0 Å². The molecule has 0 spiro atoms. The van der Waals surface area contributed by atoms with E-state index in [1.165, 1.54) is 0 Å². The Labute approximate surface area is 112 Å². The number of carbonyl (C=O) groups is 1. The molecule has 2 atom stereocenters. The Balaban J connectivity index is 2.83. The molecule has 0 saturated heterocycles. The van der Waals surface area contributed by atoms with Crippen LogP contribution in [0.4, 0.5) is 8.78 Å². The molecule has 0 aromatic heterocycles. The first-order valence-corrected chi connectivity index (χ1v) is 6.36. The summed E-state index contributed by atoms with van der Waals surface area (Å²) in [4.78, 5) is 11.8. The summed E-state index contributed by atoms with van der Waals surface area (Å²) in [5.41, 5.74) is 0.152. The van der Waals surface area contributed by atoms with E-state index in [-0.39, 0.29) is 11.5 Å². The van der Waals surface area contributed by atoms with Crippen LogP contribution in [0.15, 0.2) is 18.2 Å². The van der Waals surface area contributed by atoms with Crippen LogP contribution < -0.4 is 5.32 Å². The fourth-order valence-corrected chi connectivity index (χ4v) is 1.80. The number of hydrogen-bond acceptors (Lipinski definition) is 2. The van der Waals surface area contributed by atoms with Crippen LogP contribution in [0.1, 0.15) is 38.8 Å². The number of ether oxygens (including phenoxy) is 1. The van der Waals surface area contributed by atoms with Crippen molar-refractivity contribution in [1.29, 1.82) is 0 Å². The molecule has 0 heterocycles. The number of amides is 1. The van der Waals surface area contributed by atoms with Crippen molar-refractivity contribution in [3.8, 4) is 0 Å². The second-order valence-corrected chi connectivity index (χ2v) is 4.23. The van der Waals surface area contributed by atoms with Crippen molar-refractivity contribution in [3.05, 3.63) is 35.4 Å². The predicted molar refractivity (Wildman–Crippen MR) is 68.6 cm³/mol. The van der Waals surface area contributed by atoms with Gasteiger partial charge in [-0.2, -0.15) is 0 Å². The van der Waals surface area contributed by atoms with E-state index in [0.717, 1.165) is 18.2 Å². The van der Waals surface area contributed by atoms with Crippen LogP contribution in [-0.4, -0.2) is 18.6 Å². The summed E-state index contributed by atoms with van der Waals surface area (Å²) in [7, 11) is 0. The Kier molecular flexibility index (Phi) is 5.89. The van der Waals surface area contributed by atoms with Crippen LogP contribution >= 0.6 is 0 Å². The lowest BCUT2D eigenvalue weighted by molar-refractivity contribution is -0.132. The monoisotopic (exact) mass is 271 g/mol. The largest absolute Gasteiger partial charge is 0.369 e. The predicted octanol–water partition coefficient (Wildman–Crippen LogP) is 2.96. The smallest absolute Gasteiger partial charge is 0.249 e. The van der Waals surface area contributed by atoms with Crippen LogP contribution in [-0.2, 0) is 9.53 Å². The Morgan fingerprint density at radius 1 is 1.37 bits per heavy atom. The van der Waals surface area contributed by atoms with Crippen LogP contribution in [0.3, 0.4) is 0 Å². The van der Waals surface area contributed by atoms with Crippen molar-refractivity contribution < 1.29 is 18.3 Å². The van der Waals surface area contributed by atoms with E-state index in [0.29, 0.717) is 13.0 Å². The minimum absolute atomic E-state index is 0.152. The maximum absolute atomic E-state index is 13.7. The first-order chi connectivity index (χ1) is 8.99. The van der Waals surface area contributed by atoms with Gasteiger partial charge in [0.2, 0.25) is 5.91 Å². The molecule has 0 aliphatic heterocycles. The lowest BCUT2D eigenvalue weighted by Gasteiger charge is -2.20. The van der Waals surface area contributed by atoms with E-state index in [1.54, 1.807) is 20.8 Å². The number of carbonyl (C=O) groups excluding carboxylic acids is 1. The van der Waals surface area contributed by atoms with Crippen LogP contribution in [0.25, 0.3) is 0 Å². The molecule has 5 heteroatoms. The second-order valence-electron chi connectivity index (χ2n) is 4.23. The topological polar surface area (TPSA) is 38.3 Å². The minimum atomic E-state index is -0.615. The Hall–Kier alpha value is -1.49. The third-order valence-electron chi connectivity index (χ3n) is 2.84. The average molecular weight is 271 g/mol. The molecule has 0 aliphatic carbocycles. The molecule has 0 saturated carbocycles. The Bertz CT molecular complexity index is 437. The molecule has 1 amide bonds. The van der Waals surface area contributed by atoms with Crippen molar-refractivity contribution in [2.75, 3.05) is 6.61 Å². The molecular formula is C14H19F2NO2. The van der Waals surface area contributed by atoms with Crippen LogP contribution in [0.5, 0.6) is 0 Å². The van der Waals surface area contributed by atoms with Gasteiger partial charge < -0.3 is 10.1 Å². The average Bonchev–Trinajstić information content (AvgIpc) is 2.39. The molecule has 0 radical (unpaired) electrons. The van der Waals surface area contributed by atoms with Crippen LogP contribution in [0, 0.1) is 11.6 Å². The summed E-state index contributed by atoms with van der Waals surface area (Å²) in [6.45, 7) is 5.61. The van der Waals surface area contributed by atoms with Crippen LogP contribution in [0.2, 0.25) is 0 Å². The maximum atomic E-state index is 13.7. The summed E-state index contributed by atoms with van der Waals surface area (Å²) in [6.07, 6.45) is -0.152. The van der Waals surface area contributed by atoms with Gasteiger partial charge in [0.15, 0.2) is 0 Å². The zero-order chi connectivity index (χ0) is 14.4. The SMILES string of the molecule is CCO[C@H](C)C(=O)N[C@@H](CC)c1cc(F)ccc1F. The molecule has 19 heavy (non-hydrogen) atoms. The zero-order valence-corrected chi connectivity index (χ0v) is 11.4. The first-order valence-electron chi connectivity index (χ1n) is 6.36. The van der Waals surface area contributed by atoms with Gasteiger partial charge in [-0.05, 0) is 38.5 Å². The molecule has 0 fully saturated rings. The van der Waals surface area contributed by atoms with Gasteiger partial charge in [-0.3, -0.25) is 4.79 Å². The Morgan fingerprint density at radius 3 is 2.63 bits per heavy atom. The van der Waals surface area contributed by atoms with Gasteiger partial charge in [0, 0.05) is 12.2 Å². The highest BCUT2D eigenvalue weighted by Crippen LogP contribution is 2.21. The van der Waals surface area contributed by atoms with E-state index in [2.05, 4.69) is 5.32 Å². The third-order valence-corrected chi connectivity index (χ3v) is 2.84. The molecule has 1 N–H and O–H groups in total. The van der Waals surface area contributed by atoms with Gasteiger partial charge in [0.25, 0.3) is 0 Å². The van der Waals surface area contributed by atoms with Gasteiger partial charge in [-0.25, -0.2) is 8.78 Å². The highest BCUT2D eigenvalue weighted by atomic mass is 19.1. The Morgan fingerprint density at radius 2 is 2.05 bits per heavy atom. The van der Waals surface area contributed by atoms with E-state index < -0.39 is 23.8 Å². The number of benzene rings is 1. The van der Waals surface area contributed by atoms with Crippen molar-refractivity contribution in [2.45, 2.75) is 39.3 Å². The molecule has 1 aromatic rings. The van der Waals surface area contributed by atoms with E-state index in [1.807, 2.05) is 0 Å². The summed E-state index contributed by atoms with van der Waals surface area (Å²) < 4.78 is 32.0. The molecule has 0 aliphatic rings. The van der Waals surface area contributed by atoms with Gasteiger partial charge in [-0.1, -0.05) is 6.92 Å². The molecule has 0 unspecified atom stereocenters. The first kappa shape index (κ1) is 15.6. The van der Waals surface area contributed by atoms with Gasteiger partial charge >= 0.3 is 0 Å². The summed E-state index contributed by atoms with van der Waals surface area (Å²) in [5.74, 6) is -1.39. The van der Waals surface area contributed by atoms with Crippen molar-refractivity contribution in [2.24, 2.45) is 0 Å². The molecule has 1 aromatic carbocycles. The van der Waals surface area contributed by atoms with E-state index in [4.69, 9.17) is 4.74 Å². The second kappa shape index (κ2) is 7.19. The highest BCUT2D eigenvalue weighted by Gasteiger charge is 2.20. The standard InChI is InChI=1S/C14H19F2NO2/c1-4-13(17-14(18)9(3)19-5-2)11-8-10(15)6-7-12(11)16/h6-9,13H,4-5H2,1-3H3,(H,17,18)/t9-,13+/m1/s1. The number of rotatable bonds is 6. The van der Waals surface area contributed by atoms with Gasteiger partial charge in [0.1, 0.15) is 17.7 Å². The molecular weight excluding hydrogens is 252 g/mol. The lowest BCUT2D eigenvalue weighted by atomic mass is 10.0. The molecule has 0 bridgehead atoms. The summed E-state index contributed by atoms with van der Waals surface area (Å²) >= 11 is 0. The van der Waals surface area contributed by atoms with Crippen molar-refractivity contribution in [1.82, 2.24) is 5.32 Å². The summed E-state index contributed by atoms with van der Waals surface area (Å²) in [5, 5.41) is 2.66. The van der Waals surface area contributed by atoms with E-state index in [9.17, 15) is 13.6 Å². The van der Waals surface area contributed by atoms with E-state index >= 15 is 0 Å².